The van der Waals surface area contributed by atoms with Gasteiger partial charge in [-0.25, -0.2) is 19.9 Å². The minimum Gasteiger partial charge on any atom is -0.464 e. The first-order valence-corrected chi connectivity index (χ1v) is 10.1. The highest BCUT2D eigenvalue weighted by Crippen LogP contribution is 2.39. The Hall–Kier alpha value is -3.66. The van der Waals surface area contributed by atoms with E-state index in [-0.39, 0.29) is 43.1 Å². The highest BCUT2D eigenvalue weighted by Gasteiger charge is 2.30. The molecular weight excluding hydrogens is 420 g/mol. The van der Waals surface area contributed by atoms with E-state index in [1.807, 2.05) is 0 Å². The summed E-state index contributed by atoms with van der Waals surface area (Å²) < 4.78 is 14.9. The predicted octanol–water partition coefficient (Wildman–Crippen LogP) is 1.88. The molecule has 10 nitrogen and oxygen atoms in total. The van der Waals surface area contributed by atoms with Crippen LogP contribution < -0.4 is 11.2 Å². The van der Waals surface area contributed by atoms with Gasteiger partial charge in [-0.2, -0.15) is 0 Å². The van der Waals surface area contributed by atoms with Crippen LogP contribution in [0, 0.1) is 0 Å². The summed E-state index contributed by atoms with van der Waals surface area (Å²) in [6.07, 6.45) is -0.0843. The lowest BCUT2D eigenvalue weighted by atomic mass is 10.1. The number of carbonyl (C=O) groups is 4. The maximum atomic E-state index is 12.5. The van der Waals surface area contributed by atoms with E-state index in [4.69, 9.17) is 24.8 Å². The average molecular weight is 446 g/mol. The zero-order chi connectivity index (χ0) is 23.7. The van der Waals surface area contributed by atoms with Gasteiger partial charge in [-0.05, 0) is 37.5 Å². The molecule has 0 aliphatic heterocycles. The van der Waals surface area contributed by atoms with Crippen LogP contribution in [0.4, 0.5) is 5.69 Å². The molecule has 0 aromatic heterocycles. The van der Waals surface area contributed by atoms with Crippen molar-refractivity contribution in [2.45, 2.75) is 27.2 Å². The third-order valence-corrected chi connectivity index (χ3v) is 4.30. The first-order chi connectivity index (χ1) is 15.3. The zero-order valence-electron chi connectivity index (χ0n) is 18.2. The Bertz CT molecular complexity index is 917. The number of hydroxylamine groups is 1. The Kier molecular flexibility index (Phi) is 8.96. The smallest absolute Gasteiger partial charge is 0.340 e. The summed E-state index contributed by atoms with van der Waals surface area (Å²) in [5.74, 6) is -2.43. The van der Waals surface area contributed by atoms with Gasteiger partial charge >= 0.3 is 17.9 Å². The summed E-state index contributed by atoms with van der Waals surface area (Å²) >= 11 is 0. The molecule has 0 heterocycles. The Morgan fingerprint density at radius 2 is 1.31 bits per heavy atom. The Morgan fingerprint density at radius 3 is 1.78 bits per heavy atom. The van der Waals surface area contributed by atoms with Crippen LogP contribution in [0.2, 0.25) is 0 Å². The van der Waals surface area contributed by atoms with E-state index < -0.39 is 30.4 Å². The quantitative estimate of drug-likeness (QED) is 0.317. The van der Waals surface area contributed by atoms with Crippen LogP contribution in [-0.4, -0.2) is 50.2 Å². The molecule has 0 atom stereocenters. The van der Waals surface area contributed by atoms with Crippen molar-refractivity contribution in [3.05, 3.63) is 41.0 Å². The van der Waals surface area contributed by atoms with Gasteiger partial charge in [0.15, 0.2) is 6.61 Å². The fraction of sp³-hybridized carbons (Fsp3) is 0.364. The van der Waals surface area contributed by atoms with Crippen molar-refractivity contribution in [3.8, 4) is 11.1 Å². The topological polar surface area (TPSA) is 143 Å². The molecule has 0 bridgehead atoms. The molecule has 0 spiro atoms. The molecule has 2 aliphatic rings. The summed E-state index contributed by atoms with van der Waals surface area (Å²) in [6.45, 7) is 5.04. The van der Waals surface area contributed by atoms with Crippen LogP contribution in [0.1, 0.15) is 47.1 Å². The van der Waals surface area contributed by atoms with Crippen LogP contribution in [0.25, 0.3) is 11.1 Å². The van der Waals surface area contributed by atoms with Gasteiger partial charge in [0.05, 0.1) is 43.1 Å². The summed E-state index contributed by atoms with van der Waals surface area (Å²) in [5.41, 5.74) is 9.74. The van der Waals surface area contributed by atoms with Crippen molar-refractivity contribution in [2.75, 3.05) is 32.2 Å². The van der Waals surface area contributed by atoms with Crippen molar-refractivity contribution in [3.63, 3.8) is 0 Å². The van der Waals surface area contributed by atoms with E-state index in [1.165, 1.54) is 0 Å². The van der Waals surface area contributed by atoms with Crippen LogP contribution in [-0.2, 0) is 35.1 Å². The number of carbonyl (C=O) groups excluding carboxylic acids is 4. The van der Waals surface area contributed by atoms with Crippen molar-refractivity contribution >= 4 is 29.5 Å². The number of rotatable bonds is 10. The number of nitrogens with one attached hydrogen (secondary N) is 1. The van der Waals surface area contributed by atoms with Crippen LogP contribution in [0.3, 0.4) is 0 Å². The minimum atomic E-state index is -0.664. The van der Waals surface area contributed by atoms with Crippen molar-refractivity contribution < 1.29 is 38.2 Å². The largest absolute Gasteiger partial charge is 0.464 e. The Morgan fingerprint density at radius 1 is 0.812 bits per heavy atom. The second-order valence-corrected chi connectivity index (χ2v) is 6.47. The van der Waals surface area contributed by atoms with Crippen LogP contribution >= 0.6 is 0 Å². The number of anilines is 1. The molecule has 0 unspecified atom stereocenters. The SMILES string of the molecule is CCOC(=O)CONC(=O)Cc1ccc2c(C(=O)OCC)c(N)c(C(=O)OCC)c-2cc1. The molecule has 2 rings (SSSR count). The third-order valence-electron chi connectivity index (χ3n) is 4.30. The molecule has 0 radical (unpaired) electrons. The summed E-state index contributed by atoms with van der Waals surface area (Å²) in [7, 11) is 0. The van der Waals surface area contributed by atoms with Gasteiger partial charge in [-0.15, -0.1) is 0 Å². The lowest BCUT2D eigenvalue weighted by molar-refractivity contribution is -0.154. The van der Waals surface area contributed by atoms with E-state index in [9.17, 15) is 19.2 Å². The second-order valence-electron chi connectivity index (χ2n) is 6.47. The highest BCUT2D eigenvalue weighted by atomic mass is 16.7. The van der Waals surface area contributed by atoms with Gasteiger partial charge in [0, 0.05) is 0 Å². The number of ether oxygens (including phenoxy) is 3. The maximum absolute atomic E-state index is 12.5. The zero-order valence-corrected chi connectivity index (χ0v) is 18.2. The molecule has 0 fully saturated rings. The maximum Gasteiger partial charge on any atom is 0.340 e. The van der Waals surface area contributed by atoms with Gasteiger partial charge in [0.1, 0.15) is 0 Å². The first kappa shape index (κ1) is 24.6. The predicted molar refractivity (Wildman–Crippen MR) is 114 cm³/mol. The summed E-state index contributed by atoms with van der Waals surface area (Å²) in [5, 5.41) is 0. The lowest BCUT2D eigenvalue weighted by Crippen LogP contribution is -2.28. The van der Waals surface area contributed by atoms with Gasteiger partial charge in [-0.1, -0.05) is 24.3 Å². The van der Waals surface area contributed by atoms with E-state index in [0.29, 0.717) is 16.7 Å². The number of hydrogen-bond donors (Lipinski definition) is 2. The fourth-order valence-electron chi connectivity index (χ4n) is 3.03. The number of hydrogen-bond acceptors (Lipinski definition) is 9. The minimum absolute atomic E-state index is 0.0187. The van der Waals surface area contributed by atoms with Gasteiger partial charge in [0.25, 0.3) is 0 Å². The van der Waals surface area contributed by atoms with Gasteiger partial charge < -0.3 is 19.9 Å². The third kappa shape index (κ3) is 5.94. The van der Waals surface area contributed by atoms with E-state index >= 15 is 0 Å². The number of nitrogens with two attached hydrogens (primary N) is 1. The number of nitrogen functional groups attached to an aromatic ring is 1. The highest BCUT2D eigenvalue weighted by molar-refractivity contribution is 6.15. The van der Waals surface area contributed by atoms with Crippen molar-refractivity contribution in [2.24, 2.45) is 0 Å². The Balaban J connectivity index is 2.31. The fourth-order valence-corrected chi connectivity index (χ4v) is 3.03. The summed E-state index contributed by atoms with van der Waals surface area (Å²) in [4.78, 5) is 53.1. The normalized spacial score (nSPS) is 10.5. The molecule has 0 aromatic rings. The van der Waals surface area contributed by atoms with Crippen LogP contribution in [0.15, 0.2) is 24.3 Å². The number of fused-ring (bicyclic) bond motifs is 1. The molecule has 0 saturated heterocycles. The standard InChI is InChI=1S/C22H26N2O8/c1-4-29-17(26)12-32-24-16(25)11-13-7-9-14-15(10-8-13)19(22(28)31-6-3)20(23)18(14)21(27)30-5-2/h7-10H,4-6,11-12,23H2,1-3H3,(H,24,25). The monoisotopic (exact) mass is 446 g/mol. The molecule has 32 heavy (non-hydrogen) atoms. The molecule has 10 heteroatoms. The lowest BCUT2D eigenvalue weighted by Gasteiger charge is -2.05. The van der Waals surface area contributed by atoms with Crippen molar-refractivity contribution in [1.82, 2.24) is 5.48 Å². The van der Waals surface area contributed by atoms with E-state index in [2.05, 4.69) is 5.48 Å². The van der Waals surface area contributed by atoms with Gasteiger partial charge in [-0.3, -0.25) is 9.63 Å². The number of amides is 1. The molecule has 172 valence electrons. The first-order valence-electron chi connectivity index (χ1n) is 10.1. The summed E-state index contributed by atoms with van der Waals surface area (Å²) in [6, 6.07) is 6.40. The van der Waals surface area contributed by atoms with E-state index in [0.717, 1.165) is 0 Å². The molecule has 1 amide bonds. The molecule has 0 aromatic carbocycles. The Labute approximate surface area is 185 Å². The average Bonchev–Trinajstić information content (AvgIpc) is 2.87. The van der Waals surface area contributed by atoms with Crippen molar-refractivity contribution in [1.29, 1.82) is 0 Å². The molecule has 3 N–H and O–H groups in total. The number of esters is 3. The second kappa shape index (κ2) is 11.7. The van der Waals surface area contributed by atoms with E-state index in [1.54, 1.807) is 45.0 Å². The molecule has 2 aliphatic carbocycles. The molecular formula is C22H26N2O8. The van der Waals surface area contributed by atoms with Gasteiger partial charge in [0.2, 0.25) is 5.91 Å². The van der Waals surface area contributed by atoms with Crippen LogP contribution in [0.5, 0.6) is 0 Å². The molecule has 0 saturated carbocycles.